The molecule has 0 N–H and O–H groups in total. The van der Waals surface area contributed by atoms with Crippen molar-refractivity contribution < 1.29 is 9.47 Å². The van der Waals surface area contributed by atoms with Crippen molar-refractivity contribution in [2.45, 2.75) is 51.6 Å². The molecule has 2 nitrogen and oxygen atoms in total. The summed E-state index contributed by atoms with van der Waals surface area (Å²) >= 11 is 0. The monoisotopic (exact) mass is 210 g/mol. The van der Waals surface area contributed by atoms with E-state index in [1.54, 1.807) is 0 Å². The molecule has 2 atom stereocenters. The first-order valence-electron chi connectivity index (χ1n) is 6.27. The molecule has 1 aliphatic heterocycles. The van der Waals surface area contributed by atoms with Crippen molar-refractivity contribution in [3.8, 4) is 0 Å². The molecule has 15 heavy (non-hydrogen) atoms. The Morgan fingerprint density at radius 3 is 2.80 bits per heavy atom. The summed E-state index contributed by atoms with van der Waals surface area (Å²) in [6, 6.07) is 0. The van der Waals surface area contributed by atoms with Crippen molar-refractivity contribution >= 4 is 0 Å². The van der Waals surface area contributed by atoms with Gasteiger partial charge < -0.3 is 9.47 Å². The molecule has 0 amide bonds. The summed E-state index contributed by atoms with van der Waals surface area (Å²) in [6.07, 6.45) is 9.96. The fourth-order valence-electron chi connectivity index (χ4n) is 2.40. The fourth-order valence-corrected chi connectivity index (χ4v) is 2.40. The Labute approximate surface area is 92.6 Å². The minimum atomic E-state index is 0.318. The van der Waals surface area contributed by atoms with Crippen LogP contribution in [0.3, 0.4) is 0 Å². The molecule has 86 valence electrons. The van der Waals surface area contributed by atoms with Gasteiger partial charge in [0.25, 0.3) is 0 Å². The molecule has 0 bridgehead atoms. The van der Waals surface area contributed by atoms with Gasteiger partial charge in [-0.2, -0.15) is 0 Å². The van der Waals surface area contributed by atoms with Crippen molar-refractivity contribution in [2.24, 2.45) is 5.92 Å². The first-order valence-corrected chi connectivity index (χ1v) is 6.27. The number of ether oxygens (including phenoxy) is 2. The highest BCUT2D eigenvalue weighted by atomic mass is 16.5. The third-order valence-electron chi connectivity index (χ3n) is 3.55. The Morgan fingerprint density at radius 1 is 1.33 bits per heavy atom. The molecule has 2 heteroatoms. The van der Waals surface area contributed by atoms with Crippen molar-refractivity contribution in [3.63, 3.8) is 0 Å². The predicted molar refractivity (Wildman–Crippen MR) is 60.6 cm³/mol. The van der Waals surface area contributed by atoms with Crippen LogP contribution in [-0.4, -0.2) is 19.3 Å². The SMILES string of the molecule is CC(OC=C1CCCC1)C1CCCOC1. The highest BCUT2D eigenvalue weighted by Crippen LogP contribution is 2.25. The van der Waals surface area contributed by atoms with Crippen LogP contribution in [0.1, 0.15) is 45.4 Å². The molecule has 0 aromatic heterocycles. The molecule has 1 aliphatic carbocycles. The van der Waals surface area contributed by atoms with Crippen LogP contribution in [0.4, 0.5) is 0 Å². The van der Waals surface area contributed by atoms with E-state index in [1.165, 1.54) is 44.1 Å². The number of hydrogen-bond acceptors (Lipinski definition) is 2. The van der Waals surface area contributed by atoms with Crippen LogP contribution < -0.4 is 0 Å². The summed E-state index contributed by atoms with van der Waals surface area (Å²) in [4.78, 5) is 0. The summed E-state index contributed by atoms with van der Waals surface area (Å²) in [5, 5.41) is 0. The van der Waals surface area contributed by atoms with E-state index in [1.807, 2.05) is 6.26 Å². The van der Waals surface area contributed by atoms with E-state index in [9.17, 15) is 0 Å². The summed E-state index contributed by atoms with van der Waals surface area (Å²) in [5.74, 6) is 0.594. The third kappa shape index (κ3) is 3.23. The first-order chi connectivity index (χ1) is 7.36. The molecule has 0 aromatic rings. The highest BCUT2D eigenvalue weighted by Gasteiger charge is 2.21. The number of allylic oxidation sites excluding steroid dienone is 1. The van der Waals surface area contributed by atoms with Crippen LogP contribution in [0, 0.1) is 5.92 Å². The standard InChI is InChI=1S/C13H22O2/c1-11(13-7-4-8-14-10-13)15-9-12-5-2-3-6-12/h9,11,13H,2-8,10H2,1H3. The molecule has 2 aliphatic rings. The van der Waals surface area contributed by atoms with Crippen LogP contribution in [0.25, 0.3) is 0 Å². The maximum absolute atomic E-state index is 5.82. The second kappa shape index (κ2) is 5.55. The maximum atomic E-state index is 5.82. The van der Waals surface area contributed by atoms with E-state index in [-0.39, 0.29) is 0 Å². The second-order valence-corrected chi connectivity index (χ2v) is 4.80. The van der Waals surface area contributed by atoms with Crippen LogP contribution >= 0.6 is 0 Å². The zero-order chi connectivity index (χ0) is 10.5. The van der Waals surface area contributed by atoms with Gasteiger partial charge in [0.2, 0.25) is 0 Å². The van der Waals surface area contributed by atoms with Gasteiger partial charge in [-0.05, 0) is 51.0 Å². The fraction of sp³-hybridized carbons (Fsp3) is 0.846. The highest BCUT2D eigenvalue weighted by molar-refractivity contribution is 5.02. The van der Waals surface area contributed by atoms with Crippen molar-refractivity contribution in [1.29, 1.82) is 0 Å². The average molecular weight is 210 g/mol. The Kier molecular flexibility index (Phi) is 4.07. The number of hydrogen-bond donors (Lipinski definition) is 0. The molecule has 0 radical (unpaired) electrons. The molecule has 1 saturated carbocycles. The molecule has 2 rings (SSSR count). The van der Waals surface area contributed by atoms with Gasteiger partial charge in [-0.25, -0.2) is 0 Å². The zero-order valence-electron chi connectivity index (χ0n) is 9.71. The van der Waals surface area contributed by atoms with Gasteiger partial charge in [-0.3, -0.25) is 0 Å². The smallest absolute Gasteiger partial charge is 0.1000 e. The Bertz CT molecular complexity index is 209. The topological polar surface area (TPSA) is 18.5 Å². The molecule has 2 fully saturated rings. The molecule has 0 spiro atoms. The summed E-state index contributed by atoms with van der Waals surface area (Å²) in [5.41, 5.74) is 1.50. The van der Waals surface area contributed by atoms with E-state index >= 15 is 0 Å². The third-order valence-corrected chi connectivity index (χ3v) is 3.55. The van der Waals surface area contributed by atoms with Crippen LogP contribution in [0.5, 0.6) is 0 Å². The van der Waals surface area contributed by atoms with Crippen LogP contribution in [-0.2, 0) is 9.47 Å². The van der Waals surface area contributed by atoms with Gasteiger partial charge in [0.15, 0.2) is 0 Å². The van der Waals surface area contributed by atoms with Gasteiger partial charge >= 0.3 is 0 Å². The van der Waals surface area contributed by atoms with Crippen molar-refractivity contribution in [1.82, 2.24) is 0 Å². The summed E-state index contributed by atoms with van der Waals surface area (Å²) in [7, 11) is 0. The Balaban J connectivity index is 1.75. The molecule has 2 unspecified atom stereocenters. The van der Waals surface area contributed by atoms with Crippen molar-refractivity contribution in [2.75, 3.05) is 13.2 Å². The Hall–Kier alpha value is -0.500. The maximum Gasteiger partial charge on any atom is 0.1000 e. The van der Waals surface area contributed by atoms with Gasteiger partial charge in [-0.15, -0.1) is 0 Å². The zero-order valence-corrected chi connectivity index (χ0v) is 9.71. The quantitative estimate of drug-likeness (QED) is 0.666. The number of rotatable bonds is 3. The van der Waals surface area contributed by atoms with E-state index in [4.69, 9.17) is 9.47 Å². The molecule has 1 heterocycles. The molecular formula is C13H22O2. The lowest BCUT2D eigenvalue weighted by Gasteiger charge is -2.27. The molecule has 0 aromatic carbocycles. The van der Waals surface area contributed by atoms with Gasteiger partial charge in [0.1, 0.15) is 0 Å². The Morgan fingerprint density at radius 2 is 2.13 bits per heavy atom. The second-order valence-electron chi connectivity index (χ2n) is 4.80. The lowest BCUT2D eigenvalue weighted by molar-refractivity contribution is -0.00815. The van der Waals surface area contributed by atoms with E-state index in [2.05, 4.69) is 6.92 Å². The minimum Gasteiger partial charge on any atom is -0.498 e. The lowest BCUT2D eigenvalue weighted by atomic mass is 9.97. The van der Waals surface area contributed by atoms with Crippen LogP contribution in [0.2, 0.25) is 0 Å². The summed E-state index contributed by atoms with van der Waals surface area (Å²) < 4.78 is 11.3. The van der Waals surface area contributed by atoms with Gasteiger partial charge in [0, 0.05) is 12.5 Å². The average Bonchev–Trinajstić information content (AvgIpc) is 2.80. The molecular weight excluding hydrogens is 188 g/mol. The van der Waals surface area contributed by atoms with Crippen molar-refractivity contribution in [3.05, 3.63) is 11.8 Å². The van der Waals surface area contributed by atoms with Gasteiger partial charge in [-0.1, -0.05) is 0 Å². The summed E-state index contributed by atoms with van der Waals surface area (Å²) in [6.45, 7) is 3.99. The van der Waals surface area contributed by atoms with E-state index in [0.29, 0.717) is 12.0 Å². The van der Waals surface area contributed by atoms with Crippen LogP contribution in [0.15, 0.2) is 11.8 Å². The first kappa shape index (κ1) is 11.0. The van der Waals surface area contributed by atoms with Gasteiger partial charge in [0.05, 0.1) is 19.0 Å². The lowest BCUT2D eigenvalue weighted by Crippen LogP contribution is -2.28. The predicted octanol–water partition coefficient (Wildman–Crippen LogP) is 3.28. The normalized spacial score (nSPS) is 28.9. The van der Waals surface area contributed by atoms with E-state index < -0.39 is 0 Å². The molecule has 1 saturated heterocycles. The largest absolute Gasteiger partial charge is 0.498 e. The minimum absolute atomic E-state index is 0.318. The van der Waals surface area contributed by atoms with E-state index in [0.717, 1.165) is 13.2 Å².